The minimum Gasteiger partial charge on any atom is -0.355 e. The van der Waals surface area contributed by atoms with E-state index in [4.69, 9.17) is 6.42 Å². The topological polar surface area (TPSA) is 41.1 Å². The molecule has 1 amide bonds. The monoisotopic (exact) mass is 254 g/mol. The third-order valence-electron chi connectivity index (χ3n) is 2.99. The number of hydrogen-bond acceptors (Lipinski definition) is 3. The molecule has 1 aliphatic heterocycles. The number of piperidine rings is 1. The summed E-state index contributed by atoms with van der Waals surface area (Å²) in [5.41, 5.74) is 0. The first-order valence-electron chi connectivity index (χ1n) is 6.31. The van der Waals surface area contributed by atoms with E-state index in [0.717, 1.165) is 43.5 Å². The zero-order valence-electron chi connectivity index (χ0n) is 10.3. The van der Waals surface area contributed by atoms with Crippen LogP contribution in [0.2, 0.25) is 0 Å². The van der Waals surface area contributed by atoms with E-state index in [1.54, 1.807) is 11.8 Å². The Bertz CT molecular complexity index is 257. The van der Waals surface area contributed by atoms with Crippen LogP contribution in [0.25, 0.3) is 0 Å². The van der Waals surface area contributed by atoms with Crippen molar-refractivity contribution < 1.29 is 4.79 Å². The van der Waals surface area contributed by atoms with E-state index in [0.29, 0.717) is 6.42 Å². The summed E-state index contributed by atoms with van der Waals surface area (Å²) in [6.45, 7) is 2.95. The Balaban J connectivity index is 1.95. The van der Waals surface area contributed by atoms with Gasteiger partial charge in [-0.15, -0.1) is 18.2 Å². The Morgan fingerprint density at radius 2 is 2.24 bits per heavy atom. The van der Waals surface area contributed by atoms with Crippen molar-refractivity contribution in [1.82, 2.24) is 10.6 Å². The van der Waals surface area contributed by atoms with Gasteiger partial charge >= 0.3 is 0 Å². The molecule has 2 N–H and O–H groups in total. The van der Waals surface area contributed by atoms with E-state index < -0.39 is 0 Å². The van der Waals surface area contributed by atoms with Crippen LogP contribution in [0.15, 0.2) is 0 Å². The maximum Gasteiger partial charge on any atom is 0.220 e. The van der Waals surface area contributed by atoms with Crippen LogP contribution in [0, 0.1) is 18.3 Å². The van der Waals surface area contributed by atoms with Crippen LogP contribution in [0.3, 0.4) is 0 Å². The molecule has 0 aromatic heterocycles. The molecule has 1 aliphatic rings. The Hall–Kier alpha value is -0.660. The summed E-state index contributed by atoms with van der Waals surface area (Å²) >= 11 is 1.68. The average Bonchev–Trinajstić information content (AvgIpc) is 2.37. The van der Waals surface area contributed by atoms with Crippen LogP contribution < -0.4 is 10.6 Å². The van der Waals surface area contributed by atoms with Gasteiger partial charge in [0.2, 0.25) is 5.91 Å². The van der Waals surface area contributed by atoms with Gasteiger partial charge in [0.05, 0.1) is 5.75 Å². The van der Waals surface area contributed by atoms with Crippen LogP contribution in [0.4, 0.5) is 0 Å². The third-order valence-corrected chi connectivity index (χ3v) is 3.86. The number of rotatable bonds is 7. The first kappa shape index (κ1) is 14.4. The molecule has 1 fully saturated rings. The molecule has 0 atom stereocenters. The van der Waals surface area contributed by atoms with Gasteiger partial charge in [-0.1, -0.05) is 5.92 Å². The van der Waals surface area contributed by atoms with Crippen LogP contribution in [-0.4, -0.2) is 37.0 Å². The molecule has 0 bridgehead atoms. The Kier molecular flexibility index (Phi) is 7.94. The van der Waals surface area contributed by atoms with Gasteiger partial charge in [-0.3, -0.25) is 4.79 Å². The number of carbonyl (C=O) groups excluding carboxylic acids is 1. The van der Waals surface area contributed by atoms with Crippen LogP contribution in [0.5, 0.6) is 0 Å². The molecule has 0 aromatic rings. The standard InChI is InChI=1S/C13H22N2OS/c1-2-10-17-11-9-15-13(16)4-3-12-5-7-14-8-6-12/h1,12,14H,3-11H2,(H,15,16). The van der Waals surface area contributed by atoms with Gasteiger partial charge in [-0.25, -0.2) is 0 Å². The highest BCUT2D eigenvalue weighted by Gasteiger charge is 2.14. The first-order valence-corrected chi connectivity index (χ1v) is 7.47. The van der Waals surface area contributed by atoms with Crippen molar-refractivity contribution in [1.29, 1.82) is 0 Å². The molecule has 4 heteroatoms. The molecule has 0 aromatic carbocycles. The number of hydrogen-bond donors (Lipinski definition) is 2. The summed E-state index contributed by atoms with van der Waals surface area (Å²) in [4.78, 5) is 11.5. The molecule has 0 radical (unpaired) electrons. The van der Waals surface area contributed by atoms with Crippen LogP contribution >= 0.6 is 11.8 Å². The zero-order valence-corrected chi connectivity index (χ0v) is 11.2. The molecular formula is C13H22N2OS. The lowest BCUT2D eigenvalue weighted by Gasteiger charge is -2.22. The quantitative estimate of drug-likeness (QED) is 0.531. The SMILES string of the molecule is C#CCSCCNC(=O)CCC1CCNCC1. The maximum atomic E-state index is 11.5. The summed E-state index contributed by atoms with van der Waals surface area (Å²) in [5.74, 6) is 5.12. The van der Waals surface area contributed by atoms with Gasteiger partial charge in [0.1, 0.15) is 0 Å². The Morgan fingerprint density at radius 1 is 1.47 bits per heavy atom. The molecule has 0 aliphatic carbocycles. The summed E-state index contributed by atoms with van der Waals surface area (Å²) in [6, 6.07) is 0. The number of nitrogens with one attached hydrogen (secondary N) is 2. The van der Waals surface area contributed by atoms with Crippen molar-refractivity contribution in [2.75, 3.05) is 31.1 Å². The van der Waals surface area contributed by atoms with E-state index in [-0.39, 0.29) is 5.91 Å². The fourth-order valence-electron chi connectivity index (χ4n) is 1.99. The molecule has 3 nitrogen and oxygen atoms in total. The van der Waals surface area contributed by atoms with Gasteiger partial charge < -0.3 is 10.6 Å². The first-order chi connectivity index (χ1) is 8.33. The van der Waals surface area contributed by atoms with Crippen LogP contribution in [0.1, 0.15) is 25.7 Å². The van der Waals surface area contributed by atoms with Crippen molar-refractivity contribution >= 4 is 17.7 Å². The lowest BCUT2D eigenvalue weighted by molar-refractivity contribution is -0.121. The predicted molar refractivity (Wildman–Crippen MR) is 74.0 cm³/mol. The fraction of sp³-hybridized carbons (Fsp3) is 0.769. The van der Waals surface area contributed by atoms with E-state index >= 15 is 0 Å². The van der Waals surface area contributed by atoms with Gasteiger partial charge in [-0.2, -0.15) is 0 Å². The summed E-state index contributed by atoms with van der Waals surface area (Å²) in [5, 5.41) is 6.27. The third kappa shape index (κ3) is 7.30. The summed E-state index contributed by atoms with van der Waals surface area (Å²) < 4.78 is 0. The Morgan fingerprint density at radius 3 is 2.94 bits per heavy atom. The van der Waals surface area contributed by atoms with Crippen molar-refractivity contribution in [2.45, 2.75) is 25.7 Å². The predicted octanol–water partition coefficient (Wildman–Crippen LogP) is 1.25. The number of thioether (sulfide) groups is 1. The highest BCUT2D eigenvalue weighted by Crippen LogP contribution is 2.17. The van der Waals surface area contributed by atoms with Crippen molar-refractivity contribution in [3.05, 3.63) is 0 Å². The number of carbonyl (C=O) groups is 1. The van der Waals surface area contributed by atoms with Gasteiger partial charge in [0, 0.05) is 18.7 Å². The maximum absolute atomic E-state index is 11.5. The highest BCUT2D eigenvalue weighted by molar-refractivity contribution is 7.99. The van der Waals surface area contributed by atoms with Crippen molar-refractivity contribution in [3.63, 3.8) is 0 Å². The lowest BCUT2D eigenvalue weighted by atomic mass is 9.93. The molecule has 1 heterocycles. The molecule has 17 heavy (non-hydrogen) atoms. The fourth-order valence-corrected chi connectivity index (χ4v) is 2.50. The molecule has 1 rings (SSSR count). The van der Waals surface area contributed by atoms with Crippen LogP contribution in [-0.2, 0) is 4.79 Å². The number of amides is 1. The molecule has 0 unspecified atom stereocenters. The summed E-state index contributed by atoms with van der Waals surface area (Å²) in [6.07, 6.45) is 9.27. The van der Waals surface area contributed by atoms with Crippen molar-refractivity contribution in [2.24, 2.45) is 5.92 Å². The largest absolute Gasteiger partial charge is 0.355 e. The van der Waals surface area contributed by atoms with E-state index in [1.165, 1.54) is 12.8 Å². The summed E-state index contributed by atoms with van der Waals surface area (Å²) in [7, 11) is 0. The lowest BCUT2D eigenvalue weighted by Crippen LogP contribution is -2.30. The number of terminal acetylenes is 1. The zero-order chi connectivity index (χ0) is 12.3. The average molecular weight is 254 g/mol. The smallest absolute Gasteiger partial charge is 0.220 e. The minimum atomic E-state index is 0.185. The second-order valence-corrected chi connectivity index (χ2v) is 5.44. The molecule has 0 spiro atoms. The molecular weight excluding hydrogens is 232 g/mol. The highest BCUT2D eigenvalue weighted by atomic mass is 32.2. The second kappa shape index (κ2) is 9.38. The Labute approximate surface area is 108 Å². The normalized spacial score (nSPS) is 16.4. The molecule has 1 saturated heterocycles. The minimum absolute atomic E-state index is 0.185. The van der Waals surface area contributed by atoms with Gasteiger partial charge in [0.15, 0.2) is 0 Å². The van der Waals surface area contributed by atoms with E-state index in [2.05, 4.69) is 16.6 Å². The molecule has 96 valence electrons. The van der Waals surface area contributed by atoms with Gasteiger partial charge in [0.25, 0.3) is 0 Å². The molecule has 0 saturated carbocycles. The van der Waals surface area contributed by atoms with E-state index in [9.17, 15) is 4.79 Å². The van der Waals surface area contributed by atoms with Crippen molar-refractivity contribution in [3.8, 4) is 12.3 Å². The second-order valence-electron chi connectivity index (χ2n) is 4.34. The van der Waals surface area contributed by atoms with E-state index in [1.807, 2.05) is 0 Å². The van der Waals surface area contributed by atoms with Gasteiger partial charge in [-0.05, 0) is 38.3 Å².